The Labute approximate surface area is 222 Å². The van der Waals surface area contributed by atoms with Crippen LogP contribution in [0.5, 0.6) is 0 Å². The van der Waals surface area contributed by atoms with Crippen molar-refractivity contribution in [1.82, 2.24) is 24.6 Å². The smallest absolute Gasteiger partial charge is 0.351 e. The van der Waals surface area contributed by atoms with Crippen molar-refractivity contribution in [3.63, 3.8) is 0 Å². The summed E-state index contributed by atoms with van der Waals surface area (Å²) in [7, 11) is -4.33. The maximum absolute atomic E-state index is 14.6. The molecule has 0 radical (unpaired) electrons. The van der Waals surface area contributed by atoms with Crippen molar-refractivity contribution < 1.29 is 35.2 Å². The van der Waals surface area contributed by atoms with Crippen LogP contribution in [0.1, 0.15) is 24.7 Å². The molecule has 1 amide bonds. The Balaban J connectivity index is 1.53. The molecule has 15 heteroatoms. The largest absolute Gasteiger partial charge is 0.451 e. The van der Waals surface area contributed by atoms with Crippen LogP contribution in [0.15, 0.2) is 58.3 Å². The molecule has 202 valence electrons. The molecule has 0 bridgehead atoms. The van der Waals surface area contributed by atoms with E-state index in [0.29, 0.717) is 10.0 Å². The van der Waals surface area contributed by atoms with Gasteiger partial charge in [0.1, 0.15) is 18.0 Å². The minimum absolute atomic E-state index is 0.136. The molecule has 0 spiro atoms. The van der Waals surface area contributed by atoms with Gasteiger partial charge in [0.05, 0.1) is 16.6 Å². The van der Waals surface area contributed by atoms with Gasteiger partial charge in [0.2, 0.25) is 21.8 Å². The first-order valence-electron chi connectivity index (χ1n) is 11.0. The molecule has 4 rings (SSSR count). The molecular formula is C23H19BrF5N5O3S. The second kappa shape index (κ2) is 10.6. The zero-order valence-electron chi connectivity index (χ0n) is 19.5. The highest BCUT2D eigenvalue weighted by Crippen LogP contribution is 2.33. The van der Waals surface area contributed by atoms with Crippen molar-refractivity contribution in [3.05, 3.63) is 70.6 Å². The van der Waals surface area contributed by atoms with Crippen molar-refractivity contribution in [2.45, 2.75) is 49.2 Å². The van der Waals surface area contributed by atoms with Crippen LogP contribution in [-0.2, 0) is 27.5 Å². The maximum atomic E-state index is 14.6. The van der Waals surface area contributed by atoms with E-state index in [0.717, 1.165) is 41.0 Å². The van der Waals surface area contributed by atoms with Crippen LogP contribution in [0.4, 0.5) is 22.0 Å². The van der Waals surface area contributed by atoms with Gasteiger partial charge in [0.15, 0.2) is 0 Å². The summed E-state index contributed by atoms with van der Waals surface area (Å²) < 4.78 is 93.7. The average molecular weight is 620 g/mol. The Kier molecular flexibility index (Phi) is 7.81. The first kappa shape index (κ1) is 28.0. The topological polar surface area (TPSA) is 105 Å². The molecule has 1 aliphatic heterocycles. The summed E-state index contributed by atoms with van der Waals surface area (Å²) in [6, 6.07) is 2.97. The summed E-state index contributed by atoms with van der Waals surface area (Å²) in [4.78, 5) is 23.5. The third kappa shape index (κ3) is 5.68. The van der Waals surface area contributed by atoms with Gasteiger partial charge in [-0.1, -0.05) is 0 Å². The molecule has 3 aromatic rings. The fourth-order valence-corrected chi connectivity index (χ4v) is 6.14. The van der Waals surface area contributed by atoms with Crippen LogP contribution in [0, 0.1) is 5.82 Å². The first-order chi connectivity index (χ1) is 17.8. The zero-order valence-corrected chi connectivity index (χ0v) is 21.9. The van der Waals surface area contributed by atoms with E-state index in [1.54, 1.807) is 0 Å². The van der Waals surface area contributed by atoms with E-state index in [1.807, 2.05) is 0 Å². The predicted octanol–water partition coefficient (Wildman–Crippen LogP) is 4.27. The molecule has 38 heavy (non-hydrogen) atoms. The Bertz CT molecular complexity index is 1440. The molecule has 0 unspecified atom stereocenters. The lowest BCUT2D eigenvalue weighted by atomic mass is 10.1. The van der Waals surface area contributed by atoms with Crippen LogP contribution in [0.25, 0.3) is 11.3 Å². The van der Waals surface area contributed by atoms with Crippen molar-refractivity contribution in [2.24, 2.45) is 0 Å². The van der Waals surface area contributed by atoms with Gasteiger partial charge in [-0.25, -0.2) is 27.2 Å². The predicted molar refractivity (Wildman–Crippen MR) is 128 cm³/mol. The number of hydrogen-bond acceptors (Lipinski definition) is 6. The number of hydrogen-bond donors (Lipinski definition) is 1. The monoisotopic (exact) mass is 619 g/mol. The van der Waals surface area contributed by atoms with E-state index >= 15 is 0 Å². The summed E-state index contributed by atoms with van der Waals surface area (Å²) in [5.74, 6) is -2.71. The van der Waals surface area contributed by atoms with Gasteiger partial charge >= 0.3 is 6.18 Å². The number of amides is 1. The Hall–Kier alpha value is -3.04. The standard InChI is InChI=1S/C23H19BrF5N5O3S/c1-12-18(26)7-20(34(12)38(36,37)16-4-2-15(25)3-5-16)21(35)31-8-13-6-19(30-11-17(13)24)14-9-32-22(33-10-14)23(27,28)29/h2-6,9-12,18,20H,7-8H2,1H3,(H,31,35)/t12-,18+,20-/m0/s1. The lowest BCUT2D eigenvalue weighted by Gasteiger charge is -2.27. The third-order valence-corrected chi connectivity index (χ3v) is 8.69. The van der Waals surface area contributed by atoms with Crippen LogP contribution in [-0.4, -0.2) is 51.8 Å². The highest BCUT2D eigenvalue weighted by atomic mass is 79.9. The van der Waals surface area contributed by atoms with Crippen LogP contribution >= 0.6 is 15.9 Å². The van der Waals surface area contributed by atoms with Gasteiger partial charge in [-0.05, 0) is 58.7 Å². The molecular weight excluding hydrogens is 601 g/mol. The van der Waals surface area contributed by atoms with Crippen molar-refractivity contribution >= 4 is 31.9 Å². The molecule has 0 aliphatic carbocycles. The van der Waals surface area contributed by atoms with Crippen LogP contribution in [0.3, 0.4) is 0 Å². The number of halogens is 6. The normalized spacial score (nSPS) is 20.4. The lowest BCUT2D eigenvalue weighted by molar-refractivity contribution is -0.145. The van der Waals surface area contributed by atoms with Gasteiger partial charge in [-0.3, -0.25) is 9.78 Å². The minimum atomic E-state index is -4.70. The maximum Gasteiger partial charge on any atom is 0.451 e. The molecule has 1 saturated heterocycles. The quantitative estimate of drug-likeness (QED) is 0.413. The average Bonchev–Trinajstić information content (AvgIpc) is 3.18. The lowest BCUT2D eigenvalue weighted by Crippen LogP contribution is -2.48. The molecule has 8 nitrogen and oxygen atoms in total. The fourth-order valence-electron chi connectivity index (χ4n) is 3.98. The van der Waals surface area contributed by atoms with Gasteiger partial charge in [0.25, 0.3) is 0 Å². The number of aromatic nitrogens is 3. The number of benzene rings is 1. The zero-order chi connectivity index (χ0) is 27.8. The number of nitrogens with zero attached hydrogens (tertiary/aromatic N) is 4. The minimum Gasteiger partial charge on any atom is -0.351 e. The van der Waals surface area contributed by atoms with E-state index in [-0.39, 0.29) is 29.1 Å². The molecule has 3 heterocycles. The third-order valence-electron chi connectivity index (χ3n) is 5.96. The molecule has 1 fully saturated rings. The number of sulfonamides is 1. The SMILES string of the molecule is C[C@H]1[C@H](F)C[C@@H](C(=O)NCc2cc(-c3cnc(C(F)(F)F)nc3)ncc2Br)N1S(=O)(=O)c1ccc(F)cc1. The second-order valence-corrected chi connectivity index (χ2v) is 11.2. The van der Waals surface area contributed by atoms with Gasteiger partial charge in [0, 0.05) is 41.6 Å². The van der Waals surface area contributed by atoms with Crippen molar-refractivity contribution in [1.29, 1.82) is 0 Å². The number of carbonyl (C=O) groups excluding carboxylic acids is 1. The number of nitrogens with one attached hydrogen (secondary N) is 1. The first-order valence-corrected chi connectivity index (χ1v) is 13.3. The molecule has 3 atom stereocenters. The molecule has 1 aromatic carbocycles. The number of pyridine rings is 1. The Morgan fingerprint density at radius 1 is 1.13 bits per heavy atom. The van der Waals surface area contributed by atoms with Gasteiger partial charge < -0.3 is 5.32 Å². The summed E-state index contributed by atoms with van der Waals surface area (Å²) >= 11 is 3.28. The summed E-state index contributed by atoms with van der Waals surface area (Å²) in [6.45, 7) is 1.21. The summed E-state index contributed by atoms with van der Waals surface area (Å²) in [5, 5.41) is 2.58. The summed E-state index contributed by atoms with van der Waals surface area (Å²) in [5.41, 5.74) is 0.878. The van der Waals surface area contributed by atoms with Crippen molar-refractivity contribution in [2.75, 3.05) is 0 Å². The van der Waals surface area contributed by atoms with E-state index in [1.165, 1.54) is 19.2 Å². The van der Waals surface area contributed by atoms with Crippen LogP contribution < -0.4 is 5.32 Å². The van der Waals surface area contributed by atoms with E-state index in [4.69, 9.17) is 0 Å². The molecule has 1 aliphatic rings. The molecule has 0 saturated carbocycles. The highest BCUT2D eigenvalue weighted by Gasteiger charge is 2.49. The number of alkyl halides is 4. The fraction of sp³-hybridized carbons (Fsp3) is 0.304. The number of carbonyl (C=O) groups is 1. The number of rotatable bonds is 6. The van der Waals surface area contributed by atoms with Gasteiger partial charge in [-0.15, -0.1) is 0 Å². The highest BCUT2D eigenvalue weighted by molar-refractivity contribution is 9.10. The van der Waals surface area contributed by atoms with Crippen LogP contribution in [0.2, 0.25) is 0 Å². The van der Waals surface area contributed by atoms with Gasteiger partial charge in [-0.2, -0.15) is 17.5 Å². The second-order valence-electron chi connectivity index (χ2n) is 8.47. The molecule has 2 aromatic heterocycles. The van der Waals surface area contributed by atoms with E-state index in [9.17, 15) is 35.2 Å². The van der Waals surface area contributed by atoms with Crippen molar-refractivity contribution in [3.8, 4) is 11.3 Å². The molecule has 1 N–H and O–H groups in total. The van der Waals surface area contributed by atoms with E-state index < -0.39 is 52.0 Å². The Morgan fingerprint density at radius 3 is 2.37 bits per heavy atom. The summed E-state index contributed by atoms with van der Waals surface area (Å²) in [6.07, 6.45) is -3.38. The van der Waals surface area contributed by atoms with E-state index in [2.05, 4.69) is 36.2 Å². The Morgan fingerprint density at radius 2 is 1.76 bits per heavy atom.